The summed E-state index contributed by atoms with van der Waals surface area (Å²) in [5.41, 5.74) is 2.54. The van der Waals surface area contributed by atoms with E-state index >= 15 is 0 Å². The van der Waals surface area contributed by atoms with Gasteiger partial charge in [-0.3, -0.25) is 0 Å². The van der Waals surface area contributed by atoms with Gasteiger partial charge in [0.15, 0.2) is 0 Å². The Bertz CT molecular complexity index is 431. The maximum Gasteiger partial charge on any atom is 0.117 e. The molecule has 1 aromatic heterocycles. The number of halogens is 1. The number of rotatable bonds is 4. The topological polar surface area (TPSA) is 25.2 Å². The van der Waals surface area contributed by atoms with E-state index in [0.717, 1.165) is 23.3 Å². The molecule has 0 aliphatic rings. The molecule has 2 aromatic rings. The van der Waals surface area contributed by atoms with Crippen LogP contribution >= 0.6 is 15.9 Å². The molecule has 0 bridgehead atoms. The van der Waals surface area contributed by atoms with Gasteiger partial charge in [-0.25, -0.2) is 0 Å². The van der Waals surface area contributed by atoms with Crippen LogP contribution < -0.4 is 5.32 Å². The zero-order valence-electron chi connectivity index (χ0n) is 9.16. The van der Waals surface area contributed by atoms with Gasteiger partial charge in [0.2, 0.25) is 0 Å². The average Bonchev–Trinajstić information content (AvgIpc) is 2.69. The molecule has 0 atom stereocenters. The van der Waals surface area contributed by atoms with Crippen molar-refractivity contribution >= 4 is 15.9 Å². The van der Waals surface area contributed by atoms with Crippen molar-refractivity contribution in [1.82, 2.24) is 5.32 Å². The van der Waals surface area contributed by atoms with Gasteiger partial charge in [-0.15, -0.1) is 0 Å². The minimum absolute atomic E-state index is 0.762. The molecular formula is C13H14BrNO. The Morgan fingerprint density at radius 2 is 2.12 bits per heavy atom. The predicted molar refractivity (Wildman–Crippen MR) is 68.1 cm³/mol. The molecule has 84 valence electrons. The molecule has 0 saturated carbocycles. The van der Waals surface area contributed by atoms with Crippen LogP contribution in [-0.4, -0.2) is 0 Å². The van der Waals surface area contributed by atoms with Crippen molar-refractivity contribution in [2.45, 2.75) is 20.0 Å². The summed E-state index contributed by atoms with van der Waals surface area (Å²) in [6.45, 7) is 3.71. The molecule has 2 nitrogen and oxygen atoms in total. The van der Waals surface area contributed by atoms with E-state index in [-0.39, 0.29) is 0 Å². The lowest BCUT2D eigenvalue weighted by Gasteiger charge is -2.05. The summed E-state index contributed by atoms with van der Waals surface area (Å²) < 4.78 is 6.37. The molecule has 16 heavy (non-hydrogen) atoms. The quantitative estimate of drug-likeness (QED) is 0.925. The smallest absolute Gasteiger partial charge is 0.117 e. The number of hydrogen-bond acceptors (Lipinski definition) is 2. The SMILES string of the molecule is Cc1cc(Br)cc(CNCc2ccco2)c1. The summed E-state index contributed by atoms with van der Waals surface area (Å²) in [6.07, 6.45) is 1.69. The first-order chi connectivity index (χ1) is 7.74. The van der Waals surface area contributed by atoms with Gasteiger partial charge in [-0.2, -0.15) is 0 Å². The second-order valence-electron chi connectivity index (χ2n) is 3.82. The van der Waals surface area contributed by atoms with E-state index in [4.69, 9.17) is 4.42 Å². The van der Waals surface area contributed by atoms with Gasteiger partial charge in [0, 0.05) is 11.0 Å². The maximum absolute atomic E-state index is 5.25. The number of hydrogen-bond donors (Lipinski definition) is 1. The van der Waals surface area contributed by atoms with Crippen LogP contribution in [0.5, 0.6) is 0 Å². The van der Waals surface area contributed by atoms with Gasteiger partial charge < -0.3 is 9.73 Å². The predicted octanol–water partition coefficient (Wildman–Crippen LogP) is 3.64. The lowest BCUT2D eigenvalue weighted by Crippen LogP contribution is -2.12. The van der Waals surface area contributed by atoms with Crippen LogP contribution in [0.1, 0.15) is 16.9 Å². The van der Waals surface area contributed by atoms with Crippen LogP contribution in [0, 0.1) is 6.92 Å². The fraction of sp³-hybridized carbons (Fsp3) is 0.231. The van der Waals surface area contributed by atoms with Crippen LogP contribution in [0.15, 0.2) is 45.5 Å². The van der Waals surface area contributed by atoms with E-state index in [1.807, 2.05) is 12.1 Å². The molecule has 3 heteroatoms. The Hall–Kier alpha value is -1.06. The second kappa shape index (κ2) is 5.32. The Morgan fingerprint density at radius 3 is 2.81 bits per heavy atom. The summed E-state index contributed by atoms with van der Waals surface area (Å²) >= 11 is 3.50. The van der Waals surface area contributed by atoms with E-state index < -0.39 is 0 Å². The number of furan rings is 1. The molecule has 2 rings (SSSR count). The van der Waals surface area contributed by atoms with Crippen LogP contribution in [0.3, 0.4) is 0 Å². The monoisotopic (exact) mass is 279 g/mol. The summed E-state index contributed by atoms with van der Waals surface area (Å²) in [5, 5.41) is 3.34. The van der Waals surface area contributed by atoms with Crippen molar-refractivity contribution in [2.24, 2.45) is 0 Å². The van der Waals surface area contributed by atoms with Crippen molar-refractivity contribution < 1.29 is 4.42 Å². The van der Waals surface area contributed by atoms with Crippen molar-refractivity contribution in [3.8, 4) is 0 Å². The van der Waals surface area contributed by atoms with E-state index in [1.54, 1.807) is 6.26 Å². The molecule has 0 spiro atoms. The first-order valence-electron chi connectivity index (χ1n) is 5.23. The molecule has 0 saturated heterocycles. The van der Waals surface area contributed by atoms with E-state index in [1.165, 1.54) is 11.1 Å². The van der Waals surface area contributed by atoms with E-state index in [9.17, 15) is 0 Å². The van der Waals surface area contributed by atoms with Crippen molar-refractivity contribution in [3.05, 3.63) is 58.0 Å². The molecule has 0 fully saturated rings. The molecule has 0 amide bonds. The highest BCUT2D eigenvalue weighted by Crippen LogP contribution is 2.15. The fourth-order valence-electron chi connectivity index (χ4n) is 1.66. The summed E-state index contributed by atoms with van der Waals surface area (Å²) in [6, 6.07) is 10.3. The zero-order valence-corrected chi connectivity index (χ0v) is 10.8. The van der Waals surface area contributed by atoms with Crippen LogP contribution in [0.4, 0.5) is 0 Å². The van der Waals surface area contributed by atoms with Gasteiger partial charge >= 0.3 is 0 Å². The van der Waals surface area contributed by atoms with Gasteiger partial charge in [0.05, 0.1) is 12.8 Å². The van der Waals surface area contributed by atoms with E-state index in [2.05, 4.69) is 46.4 Å². The minimum atomic E-state index is 0.762. The summed E-state index contributed by atoms with van der Waals surface area (Å²) in [5.74, 6) is 0.965. The highest BCUT2D eigenvalue weighted by molar-refractivity contribution is 9.10. The number of benzene rings is 1. The standard InChI is InChI=1S/C13H14BrNO/c1-10-5-11(7-12(14)6-10)8-15-9-13-3-2-4-16-13/h2-7,15H,8-9H2,1H3. The third kappa shape index (κ3) is 3.22. The van der Waals surface area contributed by atoms with Crippen molar-refractivity contribution in [2.75, 3.05) is 0 Å². The molecule has 0 aliphatic heterocycles. The van der Waals surface area contributed by atoms with Gasteiger partial charge in [-0.05, 0) is 42.3 Å². The molecule has 1 N–H and O–H groups in total. The van der Waals surface area contributed by atoms with Gasteiger partial charge in [0.1, 0.15) is 5.76 Å². The summed E-state index contributed by atoms with van der Waals surface area (Å²) in [4.78, 5) is 0. The lowest BCUT2D eigenvalue weighted by molar-refractivity contribution is 0.483. The third-order valence-corrected chi connectivity index (χ3v) is 2.77. The van der Waals surface area contributed by atoms with Gasteiger partial charge in [0.25, 0.3) is 0 Å². The first-order valence-corrected chi connectivity index (χ1v) is 6.02. The largest absolute Gasteiger partial charge is 0.468 e. The third-order valence-electron chi connectivity index (χ3n) is 2.31. The van der Waals surface area contributed by atoms with E-state index in [0.29, 0.717) is 0 Å². The fourth-order valence-corrected chi connectivity index (χ4v) is 2.31. The second-order valence-corrected chi connectivity index (χ2v) is 4.74. The molecule has 0 radical (unpaired) electrons. The van der Waals surface area contributed by atoms with Gasteiger partial charge in [-0.1, -0.05) is 22.0 Å². The molecule has 1 aromatic carbocycles. The Balaban J connectivity index is 1.89. The van der Waals surface area contributed by atoms with Crippen LogP contribution in [0.2, 0.25) is 0 Å². The molecule has 0 unspecified atom stereocenters. The van der Waals surface area contributed by atoms with Crippen LogP contribution in [-0.2, 0) is 13.1 Å². The number of aryl methyl sites for hydroxylation is 1. The Labute approximate surface area is 104 Å². The zero-order chi connectivity index (χ0) is 11.4. The van der Waals surface area contributed by atoms with Crippen molar-refractivity contribution in [3.63, 3.8) is 0 Å². The minimum Gasteiger partial charge on any atom is -0.468 e. The highest BCUT2D eigenvalue weighted by atomic mass is 79.9. The normalized spacial score (nSPS) is 10.6. The average molecular weight is 280 g/mol. The summed E-state index contributed by atoms with van der Waals surface area (Å²) in [7, 11) is 0. The first kappa shape index (κ1) is 11.4. The molecule has 0 aliphatic carbocycles. The lowest BCUT2D eigenvalue weighted by atomic mass is 10.1. The highest BCUT2D eigenvalue weighted by Gasteiger charge is 1.98. The number of nitrogens with one attached hydrogen (secondary N) is 1. The molecule has 1 heterocycles. The Kier molecular flexibility index (Phi) is 3.80. The maximum atomic E-state index is 5.25. The van der Waals surface area contributed by atoms with Crippen molar-refractivity contribution in [1.29, 1.82) is 0 Å². The molecular weight excluding hydrogens is 266 g/mol. The van der Waals surface area contributed by atoms with Crippen LogP contribution in [0.25, 0.3) is 0 Å². The Morgan fingerprint density at radius 1 is 1.25 bits per heavy atom.